The molecule has 0 radical (unpaired) electrons. The fourth-order valence-electron chi connectivity index (χ4n) is 1.14. The summed E-state index contributed by atoms with van der Waals surface area (Å²) in [7, 11) is 6.79. The Hall–Kier alpha value is -1.34. The van der Waals surface area contributed by atoms with Crippen LogP contribution in [0, 0.1) is 0 Å². The molecule has 6 nitrogen and oxygen atoms in total. The number of nitrogens with one attached hydrogen (secondary N) is 1. The van der Waals surface area contributed by atoms with Crippen molar-refractivity contribution in [2.45, 2.75) is 6.54 Å². The van der Waals surface area contributed by atoms with E-state index in [1.165, 1.54) is 18.4 Å². The van der Waals surface area contributed by atoms with Crippen molar-refractivity contribution in [2.75, 3.05) is 39.8 Å². The van der Waals surface area contributed by atoms with E-state index in [1.54, 1.807) is 7.11 Å². The first kappa shape index (κ1) is 13.7. The zero-order chi connectivity index (χ0) is 12.8. The molecule has 96 valence electrons. The summed E-state index contributed by atoms with van der Waals surface area (Å²) >= 11 is 1.53. The van der Waals surface area contributed by atoms with Gasteiger partial charge in [0.15, 0.2) is 5.13 Å². The summed E-state index contributed by atoms with van der Waals surface area (Å²) in [6.45, 7) is 0.707. The average molecular weight is 259 g/mol. The lowest BCUT2D eigenvalue weighted by Gasteiger charge is -2.05. The Morgan fingerprint density at radius 2 is 2.18 bits per heavy atom. The highest BCUT2D eigenvalue weighted by molar-refractivity contribution is 7.15. The van der Waals surface area contributed by atoms with Crippen LogP contribution in [0.2, 0.25) is 0 Å². The molecule has 1 rings (SSSR count). The predicted octanol–water partition coefficient (Wildman–Crippen LogP) is 0.480. The molecule has 0 aliphatic heterocycles. The normalized spacial score (nSPS) is 10.1. The zero-order valence-corrected chi connectivity index (χ0v) is 11.3. The standard InChI is InChI=1S/C10H17N3O3S/c1-13(2)10-12-9(16-4)7(17-10)5-11-6-8(14)15-3/h11H,5-6H2,1-4H3. The highest BCUT2D eigenvalue weighted by Crippen LogP contribution is 2.29. The van der Waals surface area contributed by atoms with Gasteiger partial charge in [0.25, 0.3) is 0 Å². The van der Waals surface area contributed by atoms with E-state index in [1.807, 2.05) is 19.0 Å². The summed E-state index contributed by atoms with van der Waals surface area (Å²) in [4.78, 5) is 18.1. The number of ether oxygens (including phenoxy) is 2. The van der Waals surface area contributed by atoms with E-state index in [9.17, 15) is 4.79 Å². The van der Waals surface area contributed by atoms with Crippen LogP contribution in [0.3, 0.4) is 0 Å². The van der Waals surface area contributed by atoms with Crippen LogP contribution in [-0.2, 0) is 16.1 Å². The maximum absolute atomic E-state index is 10.9. The monoisotopic (exact) mass is 259 g/mol. The predicted molar refractivity (Wildman–Crippen MR) is 66.7 cm³/mol. The van der Waals surface area contributed by atoms with Gasteiger partial charge in [-0.05, 0) is 0 Å². The smallest absolute Gasteiger partial charge is 0.319 e. The number of carbonyl (C=O) groups is 1. The van der Waals surface area contributed by atoms with Gasteiger partial charge in [-0.3, -0.25) is 4.79 Å². The summed E-state index contributed by atoms with van der Waals surface area (Å²) in [5.74, 6) is 0.303. The first-order chi connectivity index (χ1) is 8.08. The molecule has 0 spiro atoms. The average Bonchev–Trinajstić information content (AvgIpc) is 2.72. The quantitative estimate of drug-likeness (QED) is 0.750. The molecule has 0 aromatic carbocycles. The Labute approximate surface area is 105 Å². The van der Waals surface area contributed by atoms with Gasteiger partial charge in [0.2, 0.25) is 5.88 Å². The summed E-state index contributed by atoms with van der Waals surface area (Å²) in [6, 6.07) is 0. The van der Waals surface area contributed by atoms with Crippen molar-refractivity contribution in [2.24, 2.45) is 0 Å². The number of nitrogens with zero attached hydrogens (tertiary/aromatic N) is 2. The third-order valence-corrected chi connectivity index (χ3v) is 3.21. The van der Waals surface area contributed by atoms with Crippen molar-refractivity contribution in [1.29, 1.82) is 0 Å². The van der Waals surface area contributed by atoms with Crippen molar-refractivity contribution >= 4 is 22.4 Å². The number of thiazole rings is 1. The Kier molecular flexibility index (Phi) is 5.17. The van der Waals surface area contributed by atoms with Crippen LogP contribution in [0.4, 0.5) is 5.13 Å². The van der Waals surface area contributed by atoms with Crippen molar-refractivity contribution in [3.63, 3.8) is 0 Å². The molecule has 1 heterocycles. The van der Waals surface area contributed by atoms with Gasteiger partial charge < -0.3 is 19.7 Å². The molecule has 0 aliphatic carbocycles. The molecular formula is C10H17N3O3S. The Bertz CT molecular complexity index is 379. The SMILES string of the molecule is COC(=O)CNCc1sc(N(C)C)nc1OC. The van der Waals surface area contributed by atoms with Crippen LogP contribution in [-0.4, -0.2) is 45.8 Å². The summed E-state index contributed by atoms with van der Waals surface area (Å²) in [5.41, 5.74) is 0. The molecule has 0 bridgehead atoms. The van der Waals surface area contributed by atoms with E-state index < -0.39 is 0 Å². The summed E-state index contributed by atoms with van der Waals surface area (Å²) in [5, 5.41) is 3.85. The third kappa shape index (κ3) is 3.86. The molecule has 7 heteroatoms. The molecule has 0 saturated heterocycles. The number of hydrogen-bond donors (Lipinski definition) is 1. The number of methoxy groups -OCH3 is 2. The Morgan fingerprint density at radius 1 is 1.47 bits per heavy atom. The lowest BCUT2D eigenvalue weighted by molar-refractivity contribution is -0.139. The van der Waals surface area contributed by atoms with Crippen molar-refractivity contribution in [3.8, 4) is 5.88 Å². The first-order valence-corrected chi connectivity index (χ1v) is 5.88. The largest absolute Gasteiger partial charge is 0.480 e. The highest BCUT2D eigenvalue weighted by atomic mass is 32.1. The Balaban J connectivity index is 2.60. The highest BCUT2D eigenvalue weighted by Gasteiger charge is 2.13. The van der Waals surface area contributed by atoms with Crippen molar-refractivity contribution < 1.29 is 14.3 Å². The minimum Gasteiger partial charge on any atom is -0.480 e. The van der Waals surface area contributed by atoms with Crippen molar-refractivity contribution in [1.82, 2.24) is 10.3 Å². The third-order valence-electron chi connectivity index (χ3n) is 2.01. The molecule has 0 amide bonds. The second kappa shape index (κ2) is 6.41. The molecule has 0 fully saturated rings. The number of rotatable bonds is 6. The lowest BCUT2D eigenvalue weighted by Crippen LogP contribution is -2.23. The van der Waals surface area contributed by atoms with Crippen molar-refractivity contribution in [3.05, 3.63) is 4.88 Å². The van der Waals surface area contributed by atoms with Gasteiger partial charge >= 0.3 is 5.97 Å². The maximum Gasteiger partial charge on any atom is 0.319 e. The fourth-order valence-corrected chi connectivity index (χ4v) is 2.06. The molecule has 0 unspecified atom stereocenters. The second-order valence-electron chi connectivity index (χ2n) is 3.50. The van der Waals surface area contributed by atoms with Gasteiger partial charge in [0.1, 0.15) is 0 Å². The van der Waals surface area contributed by atoms with Crippen LogP contribution in [0.1, 0.15) is 4.88 Å². The Morgan fingerprint density at radius 3 is 2.71 bits per heavy atom. The second-order valence-corrected chi connectivity index (χ2v) is 4.57. The first-order valence-electron chi connectivity index (χ1n) is 5.07. The van der Waals surface area contributed by atoms with Crippen LogP contribution < -0.4 is 15.0 Å². The van der Waals surface area contributed by atoms with E-state index in [0.29, 0.717) is 12.4 Å². The number of carbonyl (C=O) groups excluding carboxylic acids is 1. The molecular weight excluding hydrogens is 242 g/mol. The number of aromatic nitrogens is 1. The van der Waals surface area contributed by atoms with Gasteiger partial charge in [0, 0.05) is 20.6 Å². The molecule has 0 saturated carbocycles. The number of hydrogen-bond acceptors (Lipinski definition) is 7. The molecule has 1 aromatic heterocycles. The fraction of sp³-hybridized carbons (Fsp3) is 0.600. The minimum atomic E-state index is -0.290. The van der Waals surface area contributed by atoms with Gasteiger partial charge in [0.05, 0.1) is 25.6 Å². The van der Waals surface area contributed by atoms with E-state index in [4.69, 9.17) is 4.74 Å². The van der Waals surface area contributed by atoms with E-state index in [0.717, 1.165) is 10.0 Å². The van der Waals surface area contributed by atoms with Crippen LogP contribution in [0.15, 0.2) is 0 Å². The molecule has 1 N–H and O–H groups in total. The van der Waals surface area contributed by atoms with Crippen LogP contribution in [0.25, 0.3) is 0 Å². The van der Waals surface area contributed by atoms with E-state index >= 15 is 0 Å². The van der Waals surface area contributed by atoms with Gasteiger partial charge in [-0.1, -0.05) is 11.3 Å². The van der Waals surface area contributed by atoms with Gasteiger partial charge in [-0.2, -0.15) is 4.98 Å². The molecule has 1 aromatic rings. The molecule has 17 heavy (non-hydrogen) atoms. The maximum atomic E-state index is 10.9. The summed E-state index contributed by atoms with van der Waals surface area (Å²) < 4.78 is 9.71. The number of esters is 1. The zero-order valence-electron chi connectivity index (χ0n) is 10.4. The molecule has 0 atom stereocenters. The summed E-state index contributed by atoms with van der Waals surface area (Å²) in [6.07, 6.45) is 0. The molecule has 0 aliphatic rings. The van der Waals surface area contributed by atoms with Crippen LogP contribution in [0.5, 0.6) is 5.88 Å². The van der Waals surface area contributed by atoms with Gasteiger partial charge in [-0.15, -0.1) is 0 Å². The minimum absolute atomic E-state index is 0.175. The van der Waals surface area contributed by atoms with Gasteiger partial charge in [-0.25, -0.2) is 0 Å². The lowest BCUT2D eigenvalue weighted by atomic mass is 10.5. The van der Waals surface area contributed by atoms with E-state index in [2.05, 4.69) is 15.0 Å². The topological polar surface area (TPSA) is 63.7 Å². The van der Waals surface area contributed by atoms with Crippen LogP contribution >= 0.6 is 11.3 Å². The van der Waals surface area contributed by atoms with E-state index in [-0.39, 0.29) is 12.5 Å². The number of anilines is 1.